The van der Waals surface area contributed by atoms with E-state index in [0.29, 0.717) is 31.1 Å². The second kappa shape index (κ2) is 6.07. The molecule has 5 nitrogen and oxygen atoms in total. The number of hydrogen-bond acceptors (Lipinski definition) is 4. The Bertz CT molecular complexity index is 642. The van der Waals surface area contributed by atoms with Crippen LogP contribution in [0.15, 0.2) is 29.0 Å². The number of aliphatic hydroxyl groups excluding tert-OH is 1. The highest BCUT2D eigenvalue weighted by molar-refractivity contribution is 9.10. The second-order valence-electron chi connectivity index (χ2n) is 5.10. The number of nitrogens with zero attached hydrogens (tertiary/aromatic N) is 2. The van der Waals surface area contributed by atoms with Gasteiger partial charge in [-0.2, -0.15) is 5.10 Å². The number of benzene rings is 1. The molecule has 0 saturated carbocycles. The highest BCUT2D eigenvalue weighted by Crippen LogP contribution is 2.40. The van der Waals surface area contributed by atoms with Crippen molar-refractivity contribution in [2.24, 2.45) is 7.05 Å². The molecule has 112 valence electrons. The monoisotopic (exact) mass is 352 g/mol. The number of ether oxygens (including phenoxy) is 2. The smallest absolute Gasteiger partial charge is 0.175 e. The lowest BCUT2D eigenvalue weighted by molar-refractivity contribution is 0.159. The van der Waals surface area contributed by atoms with E-state index in [-0.39, 0.29) is 0 Å². The molecule has 0 bridgehead atoms. The predicted octanol–water partition coefficient (Wildman–Crippen LogP) is 2.62. The van der Waals surface area contributed by atoms with E-state index in [9.17, 15) is 5.11 Å². The van der Waals surface area contributed by atoms with Crippen molar-refractivity contribution in [2.75, 3.05) is 13.2 Å². The Balaban J connectivity index is 1.72. The molecule has 0 radical (unpaired) electrons. The van der Waals surface area contributed by atoms with Crippen LogP contribution in [0.25, 0.3) is 0 Å². The Morgan fingerprint density at radius 2 is 2.19 bits per heavy atom. The minimum absolute atomic E-state index is 0.536. The van der Waals surface area contributed by atoms with E-state index in [2.05, 4.69) is 21.0 Å². The fourth-order valence-electron chi connectivity index (χ4n) is 2.39. The van der Waals surface area contributed by atoms with E-state index in [1.165, 1.54) is 0 Å². The number of aryl methyl sites for hydroxylation is 2. The van der Waals surface area contributed by atoms with Crippen LogP contribution in [0.3, 0.4) is 0 Å². The summed E-state index contributed by atoms with van der Waals surface area (Å²) in [4.78, 5) is 0. The van der Waals surface area contributed by atoms with Gasteiger partial charge in [0, 0.05) is 13.2 Å². The van der Waals surface area contributed by atoms with E-state index < -0.39 is 6.10 Å². The van der Waals surface area contributed by atoms with Crippen LogP contribution in [0, 0.1) is 0 Å². The van der Waals surface area contributed by atoms with Crippen LogP contribution in [-0.4, -0.2) is 28.1 Å². The maximum Gasteiger partial charge on any atom is 0.175 e. The molecule has 3 rings (SSSR count). The van der Waals surface area contributed by atoms with Gasteiger partial charge in [0.1, 0.15) is 13.2 Å². The number of rotatable bonds is 4. The van der Waals surface area contributed by atoms with Crippen LogP contribution in [0.4, 0.5) is 0 Å². The topological polar surface area (TPSA) is 56.5 Å². The summed E-state index contributed by atoms with van der Waals surface area (Å²) in [5, 5.41) is 14.5. The highest BCUT2D eigenvalue weighted by atomic mass is 79.9. The van der Waals surface area contributed by atoms with Crippen LogP contribution in [0.5, 0.6) is 11.5 Å². The first-order valence-electron chi connectivity index (χ1n) is 6.88. The summed E-state index contributed by atoms with van der Waals surface area (Å²) >= 11 is 3.47. The number of halogens is 1. The molecule has 0 fully saturated rings. The van der Waals surface area contributed by atoms with Crippen LogP contribution in [0.2, 0.25) is 0 Å². The first-order valence-corrected chi connectivity index (χ1v) is 7.67. The van der Waals surface area contributed by atoms with E-state index in [0.717, 1.165) is 22.0 Å². The van der Waals surface area contributed by atoms with Crippen LogP contribution in [-0.2, 0) is 13.5 Å². The minimum atomic E-state index is -0.544. The van der Waals surface area contributed by atoms with Gasteiger partial charge in [-0.05, 0) is 52.0 Å². The zero-order valence-electron chi connectivity index (χ0n) is 11.8. The second-order valence-corrected chi connectivity index (χ2v) is 5.96. The predicted molar refractivity (Wildman–Crippen MR) is 81.6 cm³/mol. The quantitative estimate of drug-likeness (QED) is 0.918. The molecule has 1 aromatic heterocycles. The summed E-state index contributed by atoms with van der Waals surface area (Å²) in [7, 11) is 1.89. The Morgan fingerprint density at radius 3 is 2.95 bits per heavy atom. The molecule has 2 heterocycles. The first-order chi connectivity index (χ1) is 10.1. The fourth-order valence-corrected chi connectivity index (χ4v) is 2.97. The molecular weight excluding hydrogens is 336 g/mol. The maximum absolute atomic E-state index is 10.4. The van der Waals surface area contributed by atoms with Crippen LogP contribution >= 0.6 is 15.9 Å². The molecule has 1 aliphatic rings. The zero-order valence-corrected chi connectivity index (χ0v) is 13.3. The summed E-state index contributed by atoms with van der Waals surface area (Å²) in [6.45, 7) is 1.09. The summed E-state index contributed by atoms with van der Waals surface area (Å²) in [6, 6.07) is 3.74. The molecule has 21 heavy (non-hydrogen) atoms. The molecule has 0 spiro atoms. The van der Waals surface area contributed by atoms with Crippen molar-refractivity contribution in [3.63, 3.8) is 0 Å². The molecule has 0 aliphatic carbocycles. The molecule has 0 amide bonds. The Morgan fingerprint density at radius 1 is 1.38 bits per heavy atom. The van der Waals surface area contributed by atoms with Crippen molar-refractivity contribution in [1.29, 1.82) is 0 Å². The van der Waals surface area contributed by atoms with Gasteiger partial charge in [-0.15, -0.1) is 0 Å². The van der Waals surface area contributed by atoms with Gasteiger partial charge in [-0.3, -0.25) is 4.68 Å². The fraction of sp³-hybridized carbons (Fsp3) is 0.400. The molecule has 1 aromatic carbocycles. The lowest BCUT2D eigenvalue weighted by Crippen LogP contribution is -2.16. The van der Waals surface area contributed by atoms with Gasteiger partial charge in [0.25, 0.3) is 0 Å². The van der Waals surface area contributed by atoms with E-state index in [1.807, 2.05) is 31.6 Å². The summed E-state index contributed by atoms with van der Waals surface area (Å²) in [5.74, 6) is 1.40. The molecular formula is C15H17BrN2O3. The maximum atomic E-state index is 10.4. The SMILES string of the molecule is Cn1cc(CCC(O)c2cc(Br)c3c(c2)OCCO3)cn1. The standard InChI is InChI=1S/C15H17BrN2O3/c1-18-9-10(8-17-18)2-3-13(19)11-6-12(16)15-14(7-11)20-4-5-21-15/h6-9,13,19H,2-5H2,1H3. The molecule has 6 heteroatoms. The summed E-state index contributed by atoms with van der Waals surface area (Å²) < 4.78 is 13.7. The van der Waals surface area contributed by atoms with Gasteiger partial charge in [0.2, 0.25) is 0 Å². The summed E-state index contributed by atoms with van der Waals surface area (Å²) in [5.41, 5.74) is 1.95. The zero-order chi connectivity index (χ0) is 14.8. The molecule has 1 aliphatic heterocycles. The Labute approximate surface area is 131 Å². The molecule has 1 unspecified atom stereocenters. The van der Waals surface area contributed by atoms with E-state index >= 15 is 0 Å². The molecule has 0 saturated heterocycles. The third-order valence-corrected chi connectivity index (χ3v) is 4.06. The van der Waals surface area contributed by atoms with Crippen molar-refractivity contribution in [1.82, 2.24) is 9.78 Å². The number of aromatic nitrogens is 2. The van der Waals surface area contributed by atoms with E-state index in [1.54, 1.807) is 4.68 Å². The van der Waals surface area contributed by atoms with Gasteiger partial charge < -0.3 is 14.6 Å². The van der Waals surface area contributed by atoms with Crippen LogP contribution in [0.1, 0.15) is 23.7 Å². The number of hydrogen-bond donors (Lipinski definition) is 1. The molecule has 1 N–H and O–H groups in total. The first kappa shape index (κ1) is 14.4. The lowest BCUT2D eigenvalue weighted by atomic mass is 10.0. The van der Waals surface area contributed by atoms with Crippen molar-refractivity contribution >= 4 is 15.9 Å². The van der Waals surface area contributed by atoms with Gasteiger partial charge in [-0.25, -0.2) is 0 Å². The van der Waals surface area contributed by atoms with Crippen LogP contribution < -0.4 is 9.47 Å². The Kier molecular flexibility index (Phi) is 4.17. The van der Waals surface area contributed by atoms with Crippen molar-refractivity contribution in [2.45, 2.75) is 18.9 Å². The van der Waals surface area contributed by atoms with E-state index in [4.69, 9.17) is 9.47 Å². The third-order valence-electron chi connectivity index (χ3n) is 3.47. The van der Waals surface area contributed by atoms with Gasteiger partial charge >= 0.3 is 0 Å². The third kappa shape index (κ3) is 3.22. The van der Waals surface area contributed by atoms with Crippen molar-refractivity contribution in [3.8, 4) is 11.5 Å². The van der Waals surface area contributed by atoms with Gasteiger partial charge in [0.05, 0.1) is 16.8 Å². The number of aliphatic hydroxyl groups is 1. The normalized spacial score (nSPS) is 15.0. The Hall–Kier alpha value is -1.53. The summed E-state index contributed by atoms with van der Waals surface area (Å²) in [6.07, 6.45) is 4.66. The lowest BCUT2D eigenvalue weighted by Gasteiger charge is -2.21. The van der Waals surface area contributed by atoms with Crippen molar-refractivity contribution < 1.29 is 14.6 Å². The van der Waals surface area contributed by atoms with Gasteiger partial charge in [0.15, 0.2) is 11.5 Å². The molecule has 1 atom stereocenters. The number of fused-ring (bicyclic) bond motifs is 1. The molecule has 2 aromatic rings. The van der Waals surface area contributed by atoms with Gasteiger partial charge in [-0.1, -0.05) is 0 Å². The average molecular weight is 353 g/mol. The van der Waals surface area contributed by atoms with Crippen molar-refractivity contribution in [3.05, 3.63) is 40.1 Å². The minimum Gasteiger partial charge on any atom is -0.486 e. The highest BCUT2D eigenvalue weighted by Gasteiger charge is 2.19. The largest absolute Gasteiger partial charge is 0.486 e. The average Bonchev–Trinajstić information content (AvgIpc) is 2.90.